The molecule has 0 spiro atoms. The molecule has 0 aliphatic carbocycles. The minimum Gasteiger partial charge on any atom is -0.325 e. The number of fused-ring (bicyclic) bond motifs is 1. The van der Waals surface area contributed by atoms with Crippen LogP contribution in [0.25, 0.3) is 11.3 Å². The van der Waals surface area contributed by atoms with Crippen molar-refractivity contribution in [2.75, 3.05) is 10.5 Å². The summed E-state index contributed by atoms with van der Waals surface area (Å²) >= 11 is 13.7. The molecule has 0 saturated carbocycles. The Balaban J connectivity index is 1.58. The van der Waals surface area contributed by atoms with Gasteiger partial charge in [-0.2, -0.15) is 0 Å². The molecule has 0 bridgehead atoms. The van der Waals surface area contributed by atoms with Gasteiger partial charge in [-0.05, 0) is 24.3 Å². The number of thioether (sulfide) groups is 1. The average Bonchev–Trinajstić information content (AvgIpc) is 3.19. The molecule has 4 rings (SSSR count). The summed E-state index contributed by atoms with van der Waals surface area (Å²) in [5.74, 6) is 1.05. The molecular weight excluding hydrogens is 413 g/mol. The molecule has 1 N–H and O–H groups in total. The van der Waals surface area contributed by atoms with Crippen molar-refractivity contribution in [1.82, 2.24) is 9.55 Å². The lowest BCUT2D eigenvalue weighted by atomic mass is 10.1. The molecule has 9 heteroatoms. The maximum Gasteiger partial charge on any atom is 0.263 e. The van der Waals surface area contributed by atoms with Crippen LogP contribution in [0.5, 0.6) is 0 Å². The van der Waals surface area contributed by atoms with Gasteiger partial charge in [-0.1, -0.05) is 53.2 Å². The highest BCUT2D eigenvalue weighted by molar-refractivity contribution is 7.99. The lowest BCUT2D eigenvalue weighted by Gasteiger charge is -2.10. The van der Waals surface area contributed by atoms with E-state index in [1.165, 1.54) is 12.1 Å². The lowest BCUT2D eigenvalue weighted by molar-refractivity contribution is 0.601. The highest BCUT2D eigenvalue weighted by Crippen LogP contribution is 2.31. The first-order chi connectivity index (χ1) is 12.4. The quantitative estimate of drug-likeness (QED) is 0.653. The van der Waals surface area contributed by atoms with E-state index in [0.29, 0.717) is 5.69 Å². The summed E-state index contributed by atoms with van der Waals surface area (Å²) in [5, 5.41) is 1.21. The van der Waals surface area contributed by atoms with Crippen molar-refractivity contribution in [3.05, 3.63) is 58.7 Å². The van der Waals surface area contributed by atoms with Gasteiger partial charge in [0.05, 0.1) is 15.7 Å². The van der Waals surface area contributed by atoms with Crippen LogP contribution in [0, 0.1) is 0 Å². The number of aryl methyl sites for hydroxylation is 1. The lowest BCUT2D eigenvalue weighted by Crippen LogP contribution is -2.13. The number of aromatic nitrogens is 2. The average molecular weight is 426 g/mol. The number of hydrogen-bond acceptors (Lipinski definition) is 4. The van der Waals surface area contributed by atoms with Gasteiger partial charge in [0.15, 0.2) is 5.16 Å². The number of rotatable bonds is 4. The zero-order chi connectivity index (χ0) is 18.3. The third kappa shape index (κ3) is 3.32. The fraction of sp³-hybridized carbons (Fsp3) is 0.118. The molecule has 0 radical (unpaired) electrons. The Morgan fingerprint density at radius 1 is 1.12 bits per heavy atom. The molecule has 1 aliphatic rings. The van der Waals surface area contributed by atoms with Crippen LogP contribution in [0.3, 0.4) is 0 Å². The standard InChI is InChI=1S/C17H13Cl2N3O2S2/c18-13-2-1-3-15(16(13)19)26(23,24)21-12-6-4-11(5-7-12)14-10-22-8-9-25-17(22)20-14/h1-7,10,21H,8-9H2. The second kappa shape index (κ2) is 6.81. The fourth-order valence-corrected chi connectivity index (χ4v) is 5.42. The molecule has 0 amide bonds. The van der Waals surface area contributed by atoms with Gasteiger partial charge in [0.1, 0.15) is 4.90 Å². The predicted octanol–water partition coefficient (Wildman–Crippen LogP) is 4.76. The van der Waals surface area contributed by atoms with Gasteiger partial charge in [0, 0.05) is 29.7 Å². The normalized spacial score (nSPS) is 13.6. The van der Waals surface area contributed by atoms with E-state index in [2.05, 4.69) is 14.3 Å². The highest BCUT2D eigenvalue weighted by atomic mass is 35.5. The van der Waals surface area contributed by atoms with Crippen LogP contribution in [0.1, 0.15) is 0 Å². The maximum absolute atomic E-state index is 12.6. The fourth-order valence-electron chi connectivity index (χ4n) is 2.66. The minimum absolute atomic E-state index is 0.00307. The predicted molar refractivity (Wildman–Crippen MR) is 106 cm³/mol. The summed E-state index contributed by atoms with van der Waals surface area (Å²) < 4.78 is 29.7. The molecule has 26 heavy (non-hydrogen) atoms. The van der Waals surface area contributed by atoms with Crippen LogP contribution in [-0.2, 0) is 16.6 Å². The maximum atomic E-state index is 12.6. The molecule has 1 aliphatic heterocycles. The van der Waals surface area contributed by atoms with Gasteiger partial charge in [0.25, 0.3) is 10.0 Å². The van der Waals surface area contributed by atoms with Gasteiger partial charge < -0.3 is 4.57 Å². The van der Waals surface area contributed by atoms with Crippen molar-refractivity contribution in [3.8, 4) is 11.3 Å². The number of nitrogens with zero attached hydrogens (tertiary/aromatic N) is 2. The van der Waals surface area contributed by atoms with E-state index < -0.39 is 10.0 Å². The number of imidazole rings is 1. The van der Waals surface area contributed by atoms with Gasteiger partial charge in [-0.3, -0.25) is 4.72 Å². The summed E-state index contributed by atoms with van der Waals surface area (Å²) in [6, 6.07) is 11.6. The molecule has 0 atom stereocenters. The Morgan fingerprint density at radius 2 is 1.88 bits per heavy atom. The molecule has 0 saturated heterocycles. The number of benzene rings is 2. The summed E-state index contributed by atoms with van der Waals surface area (Å²) in [4.78, 5) is 4.53. The number of halogens is 2. The zero-order valence-corrected chi connectivity index (χ0v) is 16.5. The number of hydrogen-bond donors (Lipinski definition) is 1. The molecule has 2 heterocycles. The first kappa shape index (κ1) is 17.7. The zero-order valence-electron chi connectivity index (χ0n) is 13.3. The molecule has 1 aromatic heterocycles. The van der Waals surface area contributed by atoms with E-state index in [1.54, 1.807) is 30.0 Å². The number of nitrogens with one attached hydrogen (secondary N) is 1. The Morgan fingerprint density at radius 3 is 2.62 bits per heavy atom. The van der Waals surface area contributed by atoms with Crippen LogP contribution in [0.2, 0.25) is 10.0 Å². The van der Waals surface area contributed by atoms with Crippen LogP contribution < -0.4 is 4.72 Å². The van der Waals surface area contributed by atoms with E-state index in [0.717, 1.165) is 28.7 Å². The third-order valence-electron chi connectivity index (χ3n) is 3.94. The largest absolute Gasteiger partial charge is 0.325 e. The monoisotopic (exact) mass is 425 g/mol. The summed E-state index contributed by atoms with van der Waals surface area (Å²) in [6.45, 7) is 0.964. The second-order valence-corrected chi connectivity index (χ2v) is 9.18. The minimum atomic E-state index is -3.83. The van der Waals surface area contributed by atoms with E-state index in [1.807, 2.05) is 18.3 Å². The van der Waals surface area contributed by atoms with Crippen LogP contribution in [0.15, 0.2) is 58.7 Å². The summed E-state index contributed by atoms with van der Waals surface area (Å²) in [7, 11) is -3.83. The van der Waals surface area contributed by atoms with Crippen molar-refractivity contribution >= 4 is 50.7 Å². The first-order valence-electron chi connectivity index (χ1n) is 7.71. The Kier molecular flexibility index (Phi) is 4.64. The van der Waals surface area contributed by atoms with E-state index in [4.69, 9.17) is 23.2 Å². The number of sulfonamides is 1. The Hall–Kier alpha value is -1.67. The summed E-state index contributed by atoms with van der Waals surface area (Å²) in [6.07, 6.45) is 2.01. The molecule has 3 aromatic rings. The van der Waals surface area contributed by atoms with Gasteiger partial charge in [-0.15, -0.1) is 0 Å². The van der Waals surface area contributed by atoms with E-state index in [-0.39, 0.29) is 14.9 Å². The Labute approximate surface area is 165 Å². The van der Waals surface area contributed by atoms with Crippen molar-refractivity contribution in [2.45, 2.75) is 16.6 Å². The third-order valence-corrected chi connectivity index (χ3v) is 7.27. The summed E-state index contributed by atoms with van der Waals surface area (Å²) in [5.41, 5.74) is 2.24. The van der Waals surface area contributed by atoms with Crippen molar-refractivity contribution < 1.29 is 8.42 Å². The number of anilines is 1. The van der Waals surface area contributed by atoms with Crippen LogP contribution in [-0.4, -0.2) is 23.7 Å². The highest BCUT2D eigenvalue weighted by Gasteiger charge is 2.20. The van der Waals surface area contributed by atoms with Crippen molar-refractivity contribution in [3.63, 3.8) is 0 Å². The van der Waals surface area contributed by atoms with Crippen LogP contribution in [0.4, 0.5) is 5.69 Å². The second-order valence-electron chi connectivity index (χ2n) is 5.69. The van der Waals surface area contributed by atoms with Crippen LogP contribution >= 0.6 is 35.0 Å². The Bertz CT molecular complexity index is 1060. The molecule has 2 aromatic carbocycles. The van der Waals surface area contributed by atoms with Crippen molar-refractivity contribution in [1.29, 1.82) is 0 Å². The van der Waals surface area contributed by atoms with E-state index >= 15 is 0 Å². The molecule has 134 valence electrons. The van der Waals surface area contributed by atoms with Gasteiger partial charge in [0.2, 0.25) is 0 Å². The molecule has 0 unspecified atom stereocenters. The van der Waals surface area contributed by atoms with Gasteiger partial charge in [-0.25, -0.2) is 13.4 Å². The first-order valence-corrected chi connectivity index (χ1v) is 10.9. The smallest absolute Gasteiger partial charge is 0.263 e. The topological polar surface area (TPSA) is 64.0 Å². The molecule has 0 fully saturated rings. The SMILES string of the molecule is O=S(=O)(Nc1ccc(-c2cn3c(n2)SCC3)cc1)c1cccc(Cl)c1Cl. The molecule has 5 nitrogen and oxygen atoms in total. The van der Waals surface area contributed by atoms with Gasteiger partial charge >= 0.3 is 0 Å². The molecular formula is C17H13Cl2N3O2S2. The van der Waals surface area contributed by atoms with E-state index in [9.17, 15) is 8.42 Å². The van der Waals surface area contributed by atoms with Crippen molar-refractivity contribution in [2.24, 2.45) is 0 Å².